The number of aromatic nitrogens is 2. The molecule has 0 N–H and O–H groups in total. The van der Waals surface area contributed by atoms with Gasteiger partial charge in [0.25, 0.3) is 0 Å². The fraction of sp³-hybridized carbons (Fsp3) is 0.267. The second-order valence-electron chi connectivity index (χ2n) is 4.94. The number of rotatable bonds is 2. The van der Waals surface area contributed by atoms with E-state index in [2.05, 4.69) is 5.10 Å². The summed E-state index contributed by atoms with van der Waals surface area (Å²) in [6.07, 6.45) is 2.28. The topological polar surface area (TPSA) is 61.2 Å². The van der Waals surface area contributed by atoms with Crippen molar-refractivity contribution >= 4 is 11.8 Å². The van der Waals surface area contributed by atoms with Crippen LogP contribution in [0.1, 0.15) is 40.9 Å². The molecule has 0 fully saturated rings. The lowest BCUT2D eigenvalue weighted by molar-refractivity contribution is -0.131. The number of benzene rings is 1. The summed E-state index contributed by atoms with van der Waals surface area (Å²) in [7, 11) is 1.85. The number of carbonyl (C=O) groups excluding carboxylic acids is 2. The zero-order valence-corrected chi connectivity index (χ0v) is 11.3. The maximum Gasteiger partial charge on any atom is 0.308 e. The SMILES string of the molecule is CC(=O)Oc1ccc2c(c1)C(=O)CC2c1ccn(C)n1. The Kier molecular flexibility index (Phi) is 2.89. The molecule has 1 aromatic heterocycles. The molecular weight excluding hydrogens is 256 g/mol. The lowest BCUT2D eigenvalue weighted by Crippen LogP contribution is -2.02. The predicted octanol–water partition coefficient (Wildman–Crippen LogP) is 2.06. The first-order chi connectivity index (χ1) is 9.54. The third-order valence-electron chi connectivity index (χ3n) is 3.44. The van der Waals surface area contributed by atoms with Crippen LogP contribution in [0.5, 0.6) is 5.75 Å². The van der Waals surface area contributed by atoms with Crippen LogP contribution in [0.4, 0.5) is 0 Å². The van der Waals surface area contributed by atoms with Gasteiger partial charge in [-0.15, -0.1) is 0 Å². The van der Waals surface area contributed by atoms with E-state index < -0.39 is 5.97 Å². The number of carbonyl (C=O) groups is 2. The highest BCUT2D eigenvalue weighted by molar-refractivity contribution is 6.02. The molecule has 0 spiro atoms. The first kappa shape index (κ1) is 12.6. The van der Waals surface area contributed by atoms with E-state index in [1.807, 2.05) is 25.4 Å². The summed E-state index contributed by atoms with van der Waals surface area (Å²) in [5.74, 6) is 0.0673. The standard InChI is InChI=1S/C15H14N2O3/c1-9(18)20-10-3-4-11-12(8-15(19)13(11)7-10)14-5-6-17(2)16-14/h3-7,12H,8H2,1-2H3. The van der Waals surface area contributed by atoms with E-state index in [9.17, 15) is 9.59 Å². The maximum absolute atomic E-state index is 12.1. The monoisotopic (exact) mass is 270 g/mol. The van der Waals surface area contributed by atoms with E-state index in [4.69, 9.17) is 4.74 Å². The molecule has 1 aliphatic rings. The minimum Gasteiger partial charge on any atom is -0.427 e. The highest BCUT2D eigenvalue weighted by Gasteiger charge is 2.32. The first-order valence-electron chi connectivity index (χ1n) is 6.39. The Morgan fingerprint density at radius 2 is 2.20 bits per heavy atom. The van der Waals surface area contributed by atoms with E-state index in [0.29, 0.717) is 17.7 Å². The summed E-state index contributed by atoms with van der Waals surface area (Å²) in [5.41, 5.74) is 2.46. The fourth-order valence-corrected chi connectivity index (χ4v) is 2.60. The molecule has 0 saturated heterocycles. The van der Waals surface area contributed by atoms with Gasteiger partial charge in [0, 0.05) is 38.1 Å². The van der Waals surface area contributed by atoms with E-state index in [0.717, 1.165) is 11.3 Å². The Morgan fingerprint density at radius 1 is 1.40 bits per heavy atom. The summed E-state index contributed by atoms with van der Waals surface area (Å²) in [5, 5.41) is 4.38. The number of ether oxygens (including phenoxy) is 1. The van der Waals surface area contributed by atoms with Crippen molar-refractivity contribution in [2.75, 3.05) is 0 Å². The van der Waals surface area contributed by atoms with Crippen LogP contribution in [0.3, 0.4) is 0 Å². The first-order valence-corrected chi connectivity index (χ1v) is 6.39. The van der Waals surface area contributed by atoms with Gasteiger partial charge in [0.05, 0.1) is 5.69 Å². The van der Waals surface area contributed by atoms with Gasteiger partial charge in [-0.25, -0.2) is 0 Å². The average Bonchev–Trinajstić information content (AvgIpc) is 2.94. The van der Waals surface area contributed by atoms with Crippen molar-refractivity contribution in [2.24, 2.45) is 7.05 Å². The Balaban J connectivity index is 1.99. The van der Waals surface area contributed by atoms with Crippen LogP contribution in [0.15, 0.2) is 30.5 Å². The van der Waals surface area contributed by atoms with Crippen LogP contribution >= 0.6 is 0 Å². The Hall–Kier alpha value is -2.43. The molecule has 0 radical (unpaired) electrons. The quantitative estimate of drug-likeness (QED) is 0.619. The molecule has 2 aromatic rings. The van der Waals surface area contributed by atoms with Gasteiger partial charge < -0.3 is 4.74 Å². The second kappa shape index (κ2) is 4.59. The molecule has 0 bridgehead atoms. The van der Waals surface area contributed by atoms with E-state index in [-0.39, 0.29) is 11.7 Å². The zero-order chi connectivity index (χ0) is 14.3. The fourth-order valence-electron chi connectivity index (χ4n) is 2.60. The number of esters is 1. The minimum atomic E-state index is -0.392. The van der Waals surface area contributed by atoms with Crippen molar-refractivity contribution in [2.45, 2.75) is 19.3 Å². The predicted molar refractivity (Wildman–Crippen MR) is 71.7 cm³/mol. The van der Waals surface area contributed by atoms with Crippen molar-refractivity contribution < 1.29 is 14.3 Å². The van der Waals surface area contributed by atoms with Gasteiger partial charge in [0.15, 0.2) is 5.78 Å². The lowest BCUT2D eigenvalue weighted by Gasteiger charge is -2.08. The highest BCUT2D eigenvalue weighted by Crippen LogP contribution is 2.38. The van der Waals surface area contributed by atoms with Crippen LogP contribution in [0.25, 0.3) is 0 Å². The number of nitrogens with zero attached hydrogens (tertiary/aromatic N) is 2. The molecule has 1 unspecified atom stereocenters. The largest absolute Gasteiger partial charge is 0.427 e. The number of hydrogen-bond donors (Lipinski definition) is 0. The number of ketones is 1. The van der Waals surface area contributed by atoms with Crippen LogP contribution in [-0.2, 0) is 11.8 Å². The Morgan fingerprint density at radius 3 is 2.85 bits per heavy atom. The second-order valence-corrected chi connectivity index (χ2v) is 4.94. The van der Waals surface area contributed by atoms with Crippen molar-refractivity contribution in [3.05, 3.63) is 47.3 Å². The third kappa shape index (κ3) is 2.11. The molecule has 1 aromatic carbocycles. The summed E-state index contributed by atoms with van der Waals surface area (Å²) in [4.78, 5) is 23.1. The van der Waals surface area contributed by atoms with Gasteiger partial charge in [-0.3, -0.25) is 14.3 Å². The van der Waals surface area contributed by atoms with E-state index >= 15 is 0 Å². The third-order valence-corrected chi connectivity index (χ3v) is 3.44. The van der Waals surface area contributed by atoms with Gasteiger partial charge in [-0.05, 0) is 23.8 Å². The maximum atomic E-state index is 12.1. The lowest BCUT2D eigenvalue weighted by atomic mass is 9.98. The Bertz CT molecular complexity index is 703. The summed E-state index contributed by atoms with van der Waals surface area (Å²) >= 11 is 0. The molecule has 5 heteroatoms. The average molecular weight is 270 g/mol. The normalized spacial score (nSPS) is 17.1. The molecular formula is C15H14N2O3. The van der Waals surface area contributed by atoms with Crippen molar-refractivity contribution in [1.29, 1.82) is 0 Å². The van der Waals surface area contributed by atoms with Gasteiger partial charge in [-0.1, -0.05) is 6.07 Å². The summed E-state index contributed by atoms with van der Waals surface area (Å²) < 4.78 is 6.75. The number of Topliss-reactive ketones (excluding diaryl/α,β-unsaturated/α-hetero) is 1. The molecule has 0 amide bonds. The van der Waals surface area contributed by atoms with Crippen molar-refractivity contribution in [3.63, 3.8) is 0 Å². The van der Waals surface area contributed by atoms with Gasteiger partial charge >= 0.3 is 5.97 Å². The molecule has 3 rings (SSSR count). The van der Waals surface area contributed by atoms with Crippen LogP contribution in [0, 0.1) is 0 Å². The van der Waals surface area contributed by atoms with Crippen LogP contribution in [0.2, 0.25) is 0 Å². The van der Waals surface area contributed by atoms with Gasteiger partial charge in [0.2, 0.25) is 0 Å². The molecule has 5 nitrogen and oxygen atoms in total. The molecule has 1 heterocycles. The van der Waals surface area contributed by atoms with Gasteiger partial charge in [-0.2, -0.15) is 5.10 Å². The van der Waals surface area contributed by atoms with Crippen molar-refractivity contribution in [3.8, 4) is 5.75 Å². The molecule has 1 aliphatic carbocycles. The summed E-state index contributed by atoms with van der Waals surface area (Å²) in [6, 6.07) is 7.13. The number of aryl methyl sites for hydroxylation is 1. The molecule has 1 atom stereocenters. The van der Waals surface area contributed by atoms with Gasteiger partial charge in [0.1, 0.15) is 5.75 Å². The van der Waals surface area contributed by atoms with Crippen LogP contribution < -0.4 is 4.74 Å². The molecule has 0 saturated carbocycles. The highest BCUT2D eigenvalue weighted by atomic mass is 16.5. The van der Waals surface area contributed by atoms with E-state index in [1.165, 1.54) is 6.92 Å². The Labute approximate surface area is 116 Å². The summed E-state index contributed by atoms with van der Waals surface area (Å²) in [6.45, 7) is 1.34. The zero-order valence-electron chi connectivity index (χ0n) is 11.3. The molecule has 102 valence electrons. The van der Waals surface area contributed by atoms with Crippen LogP contribution in [-0.4, -0.2) is 21.5 Å². The van der Waals surface area contributed by atoms with Crippen molar-refractivity contribution in [1.82, 2.24) is 9.78 Å². The van der Waals surface area contributed by atoms with E-state index in [1.54, 1.807) is 16.8 Å². The number of hydrogen-bond acceptors (Lipinski definition) is 4. The molecule has 0 aliphatic heterocycles. The molecule has 20 heavy (non-hydrogen) atoms. The number of fused-ring (bicyclic) bond motifs is 1. The minimum absolute atomic E-state index is 0.00919. The smallest absolute Gasteiger partial charge is 0.308 e.